The molecule has 0 saturated heterocycles. The molecule has 3 atom stereocenters. The average molecular weight is 550 g/mol. The van der Waals surface area contributed by atoms with Crippen LogP contribution in [0.25, 0.3) is 0 Å². The van der Waals surface area contributed by atoms with Gasteiger partial charge in [0.1, 0.15) is 18.8 Å². The molecule has 0 bridgehead atoms. The molecule has 9 nitrogen and oxygen atoms in total. The first-order valence-electron chi connectivity index (χ1n) is 13.7. The summed E-state index contributed by atoms with van der Waals surface area (Å²) in [6, 6.07) is 3.69. The second kappa shape index (κ2) is 15.0. The third-order valence-electron chi connectivity index (χ3n) is 7.05. The minimum Gasteiger partial charge on any atom is -0.462 e. The fourth-order valence-corrected chi connectivity index (χ4v) is 2.96. The van der Waals surface area contributed by atoms with Crippen molar-refractivity contribution in [2.75, 3.05) is 6.61 Å². The first-order valence-corrected chi connectivity index (χ1v) is 13.7. The van der Waals surface area contributed by atoms with Crippen LogP contribution < -0.4 is 15.2 Å². The van der Waals surface area contributed by atoms with Crippen LogP contribution in [0, 0.1) is 16.7 Å². The number of benzene rings is 1. The third kappa shape index (κ3) is 11.0. The molecule has 220 valence electrons. The van der Waals surface area contributed by atoms with Crippen molar-refractivity contribution in [1.82, 2.24) is 0 Å². The van der Waals surface area contributed by atoms with Crippen LogP contribution >= 0.6 is 0 Å². The molecule has 0 amide bonds. The van der Waals surface area contributed by atoms with E-state index in [1.807, 2.05) is 27.7 Å². The molecular formula is C30H47NO8. The molecule has 0 fully saturated rings. The van der Waals surface area contributed by atoms with Gasteiger partial charge in [-0.25, -0.2) is 0 Å². The molecule has 39 heavy (non-hydrogen) atoms. The number of rotatable bonds is 15. The summed E-state index contributed by atoms with van der Waals surface area (Å²) in [4.78, 5) is 50.0. The molecule has 0 aliphatic heterocycles. The summed E-state index contributed by atoms with van der Waals surface area (Å²) in [5.74, 6) is -1.54. The van der Waals surface area contributed by atoms with E-state index < -0.39 is 40.9 Å². The van der Waals surface area contributed by atoms with Crippen LogP contribution in [0.1, 0.15) is 93.6 Å². The van der Waals surface area contributed by atoms with E-state index in [-0.39, 0.29) is 36.4 Å². The maximum Gasteiger partial charge on any atom is 0.323 e. The molecule has 0 aliphatic carbocycles. The maximum atomic E-state index is 12.8. The maximum absolute atomic E-state index is 12.8. The molecule has 2 N–H and O–H groups in total. The van der Waals surface area contributed by atoms with Gasteiger partial charge in [-0.05, 0) is 77.5 Å². The highest BCUT2D eigenvalue weighted by Crippen LogP contribution is 2.34. The van der Waals surface area contributed by atoms with Gasteiger partial charge >= 0.3 is 23.9 Å². The highest BCUT2D eigenvalue weighted by molar-refractivity contribution is 5.81. The van der Waals surface area contributed by atoms with Crippen LogP contribution in [0.2, 0.25) is 0 Å². The largest absolute Gasteiger partial charge is 0.462 e. The zero-order chi connectivity index (χ0) is 30.0. The number of carbonyl (C=O) groups excluding carboxylic acids is 4. The number of nitrogens with two attached hydrogens (primary N) is 1. The van der Waals surface area contributed by atoms with Gasteiger partial charge in [-0.1, -0.05) is 40.2 Å². The Morgan fingerprint density at radius 2 is 1.41 bits per heavy atom. The zero-order valence-electron chi connectivity index (χ0n) is 25.1. The summed E-state index contributed by atoms with van der Waals surface area (Å²) in [6.07, 6.45) is 1.70. The Balaban J connectivity index is 2.98. The van der Waals surface area contributed by atoms with Gasteiger partial charge < -0.3 is 24.7 Å². The van der Waals surface area contributed by atoms with E-state index in [2.05, 4.69) is 0 Å². The highest BCUT2D eigenvalue weighted by atomic mass is 16.6. The normalized spacial score (nSPS) is 14.1. The molecule has 0 heterocycles. The standard InChI is InChI=1S/C30H47NO8/c1-10-19(4)15-25(32)36-18-20(5)37-26(33)22(31)16-21-13-14-23(38-27(34)29(6,7)11-2)24(17-21)39-28(35)30(8,9)12-3/h13-14,17,19-20,22H,10-12,15-16,18,31H2,1-9H3/t19?,20-,22-/m0/s1. The fourth-order valence-electron chi connectivity index (χ4n) is 2.96. The van der Waals surface area contributed by atoms with Gasteiger partial charge in [0.25, 0.3) is 0 Å². The Bertz CT molecular complexity index is 1000. The van der Waals surface area contributed by atoms with Crippen LogP contribution in [-0.4, -0.2) is 42.6 Å². The summed E-state index contributed by atoms with van der Waals surface area (Å²) < 4.78 is 21.8. The summed E-state index contributed by atoms with van der Waals surface area (Å²) in [7, 11) is 0. The molecule has 9 heteroatoms. The van der Waals surface area contributed by atoms with Gasteiger partial charge in [-0.2, -0.15) is 0 Å². The molecule has 1 aromatic rings. The van der Waals surface area contributed by atoms with E-state index in [0.29, 0.717) is 24.8 Å². The average Bonchev–Trinajstić information content (AvgIpc) is 2.88. The topological polar surface area (TPSA) is 131 Å². The lowest BCUT2D eigenvalue weighted by Gasteiger charge is -2.23. The van der Waals surface area contributed by atoms with Crippen molar-refractivity contribution in [1.29, 1.82) is 0 Å². The molecule has 1 unspecified atom stereocenters. The predicted octanol–water partition coefficient (Wildman–Crippen LogP) is 5.15. The fraction of sp³-hybridized carbons (Fsp3) is 0.667. The van der Waals surface area contributed by atoms with E-state index in [0.717, 1.165) is 6.42 Å². The second-order valence-corrected chi connectivity index (χ2v) is 11.5. The van der Waals surface area contributed by atoms with E-state index in [1.165, 1.54) is 6.07 Å². The van der Waals surface area contributed by atoms with Crippen LogP contribution in [0.3, 0.4) is 0 Å². The Hall–Kier alpha value is -2.94. The number of hydrogen-bond acceptors (Lipinski definition) is 9. The van der Waals surface area contributed by atoms with Crippen LogP contribution in [-0.2, 0) is 35.1 Å². The Morgan fingerprint density at radius 3 is 1.92 bits per heavy atom. The number of ether oxygens (including phenoxy) is 4. The molecule has 0 aliphatic rings. The van der Waals surface area contributed by atoms with Gasteiger partial charge in [0.2, 0.25) is 0 Å². The van der Waals surface area contributed by atoms with Gasteiger partial charge in [0.15, 0.2) is 11.5 Å². The molecule has 1 rings (SSSR count). The van der Waals surface area contributed by atoms with Crippen LogP contribution in [0.4, 0.5) is 0 Å². The summed E-state index contributed by atoms with van der Waals surface area (Å²) in [5, 5.41) is 0. The summed E-state index contributed by atoms with van der Waals surface area (Å²) >= 11 is 0. The van der Waals surface area contributed by atoms with E-state index in [4.69, 9.17) is 24.7 Å². The van der Waals surface area contributed by atoms with Gasteiger partial charge in [0.05, 0.1) is 10.8 Å². The first-order chi connectivity index (χ1) is 18.1. The third-order valence-corrected chi connectivity index (χ3v) is 7.05. The molecule has 0 aromatic heterocycles. The van der Waals surface area contributed by atoms with E-state index in [1.54, 1.807) is 46.8 Å². The van der Waals surface area contributed by atoms with Crippen molar-refractivity contribution in [2.24, 2.45) is 22.5 Å². The molecular weight excluding hydrogens is 502 g/mol. The monoisotopic (exact) mass is 549 g/mol. The summed E-state index contributed by atoms with van der Waals surface area (Å²) in [5.41, 5.74) is 5.20. The van der Waals surface area contributed by atoms with Crippen molar-refractivity contribution in [2.45, 2.75) is 107 Å². The van der Waals surface area contributed by atoms with Crippen molar-refractivity contribution in [3.05, 3.63) is 23.8 Å². The SMILES string of the molecule is CCC(C)CC(=O)OC[C@H](C)OC(=O)[C@@H](N)Cc1ccc(OC(=O)C(C)(C)CC)c(OC(=O)C(C)(C)CC)c1. The molecule has 1 aromatic carbocycles. The molecule has 0 radical (unpaired) electrons. The van der Waals surface area contributed by atoms with Crippen LogP contribution in [0.5, 0.6) is 11.5 Å². The lowest BCUT2D eigenvalue weighted by atomic mass is 9.90. The van der Waals surface area contributed by atoms with Crippen molar-refractivity contribution in [3.63, 3.8) is 0 Å². The van der Waals surface area contributed by atoms with Gasteiger partial charge in [-0.15, -0.1) is 0 Å². The van der Waals surface area contributed by atoms with E-state index in [9.17, 15) is 19.2 Å². The Morgan fingerprint density at radius 1 is 0.872 bits per heavy atom. The first kappa shape index (κ1) is 34.1. The number of hydrogen-bond donors (Lipinski definition) is 1. The lowest BCUT2D eigenvalue weighted by molar-refractivity contribution is -0.159. The predicted molar refractivity (Wildman–Crippen MR) is 148 cm³/mol. The van der Waals surface area contributed by atoms with Crippen molar-refractivity contribution >= 4 is 23.9 Å². The Kier molecular flexibility index (Phi) is 13.1. The van der Waals surface area contributed by atoms with E-state index >= 15 is 0 Å². The minimum atomic E-state index is -1.02. The second-order valence-electron chi connectivity index (χ2n) is 11.5. The lowest BCUT2D eigenvalue weighted by Crippen LogP contribution is -2.37. The van der Waals surface area contributed by atoms with Gasteiger partial charge in [0, 0.05) is 6.42 Å². The number of esters is 4. The summed E-state index contributed by atoms with van der Waals surface area (Å²) in [6.45, 7) is 16.3. The van der Waals surface area contributed by atoms with Crippen LogP contribution in [0.15, 0.2) is 18.2 Å². The quantitative estimate of drug-likeness (QED) is 0.233. The van der Waals surface area contributed by atoms with Gasteiger partial charge in [-0.3, -0.25) is 19.2 Å². The highest BCUT2D eigenvalue weighted by Gasteiger charge is 2.31. The smallest absolute Gasteiger partial charge is 0.323 e. The minimum absolute atomic E-state index is 0.0603. The zero-order valence-corrected chi connectivity index (χ0v) is 25.1. The molecule has 0 saturated carbocycles. The van der Waals surface area contributed by atoms with Crippen molar-refractivity contribution in [3.8, 4) is 11.5 Å². The molecule has 0 spiro atoms. The number of carbonyl (C=O) groups is 4. The van der Waals surface area contributed by atoms with Crippen molar-refractivity contribution < 1.29 is 38.1 Å². The Labute approximate surface area is 233 Å².